The molecule has 0 amide bonds. The molecular formula is C7H14I2N2O. The molecule has 3 nitrogen and oxygen atoms in total. The zero-order valence-electron chi connectivity index (χ0n) is 7.22. The van der Waals surface area contributed by atoms with Gasteiger partial charge in [-0.1, -0.05) is 45.2 Å². The van der Waals surface area contributed by atoms with Crippen molar-refractivity contribution in [3.63, 3.8) is 0 Å². The Morgan fingerprint density at radius 3 is 2.00 bits per heavy atom. The number of halogens is 2. The van der Waals surface area contributed by atoms with Gasteiger partial charge in [0.1, 0.15) is 0 Å². The molecule has 0 bridgehead atoms. The third-order valence-electron chi connectivity index (χ3n) is 2.15. The van der Waals surface area contributed by atoms with Crippen LogP contribution in [0.25, 0.3) is 0 Å². The summed E-state index contributed by atoms with van der Waals surface area (Å²) >= 11 is 4.50. The van der Waals surface area contributed by atoms with Crippen molar-refractivity contribution < 1.29 is 5.21 Å². The summed E-state index contributed by atoms with van der Waals surface area (Å²) in [7, 11) is 0. The average molecular weight is 396 g/mol. The second-order valence-corrected chi connectivity index (χ2v) is 8.41. The van der Waals surface area contributed by atoms with E-state index in [9.17, 15) is 5.21 Å². The Balaban J connectivity index is 2.84. The molecule has 5 heteroatoms. The number of rotatable bonds is 0. The molecular weight excluding hydrogens is 382 g/mol. The molecule has 2 unspecified atom stereocenters. The Kier molecular flexibility index (Phi) is 3.31. The number of nitrogens with zero attached hydrogens (tertiary/aromatic N) is 1. The van der Waals surface area contributed by atoms with Crippen LogP contribution in [0.5, 0.6) is 0 Å². The lowest BCUT2D eigenvalue weighted by Gasteiger charge is -2.48. The highest BCUT2D eigenvalue weighted by molar-refractivity contribution is 14.1. The summed E-state index contributed by atoms with van der Waals surface area (Å²) in [6.45, 7) is 4.01. The zero-order chi connectivity index (χ0) is 9.57. The molecule has 1 fully saturated rings. The smallest absolute Gasteiger partial charge is 0.0971 e. The highest BCUT2D eigenvalue weighted by atomic mass is 127. The van der Waals surface area contributed by atoms with Crippen LogP contribution < -0.4 is 5.73 Å². The highest BCUT2D eigenvalue weighted by Gasteiger charge is 2.46. The van der Waals surface area contributed by atoms with Gasteiger partial charge in [-0.15, -0.1) is 0 Å². The van der Waals surface area contributed by atoms with E-state index in [0.29, 0.717) is 0 Å². The molecule has 0 radical (unpaired) electrons. The van der Waals surface area contributed by atoms with E-state index in [2.05, 4.69) is 45.2 Å². The van der Waals surface area contributed by atoms with E-state index in [1.807, 2.05) is 13.8 Å². The molecule has 0 aliphatic carbocycles. The standard InChI is InChI=1S/C7H14I2N2O/c1-6(8)3-5(10)4-7(2,9)11(6)12/h5,12H,3-4,10H2,1-2H3. The number of piperidine rings is 1. The summed E-state index contributed by atoms with van der Waals surface area (Å²) in [6, 6.07) is 0.192. The molecule has 0 aromatic rings. The molecule has 0 spiro atoms. The summed E-state index contributed by atoms with van der Waals surface area (Å²) in [5.74, 6) is 0. The molecule has 0 saturated carbocycles. The van der Waals surface area contributed by atoms with E-state index in [0.717, 1.165) is 12.8 Å². The second-order valence-electron chi connectivity index (χ2n) is 3.76. The third-order valence-corrected chi connectivity index (χ3v) is 3.95. The van der Waals surface area contributed by atoms with Crippen molar-refractivity contribution in [3.8, 4) is 0 Å². The molecule has 72 valence electrons. The first-order valence-electron chi connectivity index (χ1n) is 3.88. The third kappa shape index (κ3) is 2.23. The first kappa shape index (κ1) is 11.4. The van der Waals surface area contributed by atoms with E-state index in [4.69, 9.17) is 5.73 Å². The summed E-state index contributed by atoms with van der Waals surface area (Å²) in [5.41, 5.74) is 5.90. The van der Waals surface area contributed by atoms with Crippen molar-refractivity contribution in [3.05, 3.63) is 0 Å². The molecule has 1 heterocycles. The van der Waals surface area contributed by atoms with Gasteiger partial charge in [-0.3, -0.25) is 0 Å². The van der Waals surface area contributed by atoms with Gasteiger partial charge in [0, 0.05) is 6.04 Å². The minimum absolute atomic E-state index is 0.192. The Morgan fingerprint density at radius 2 is 1.67 bits per heavy atom. The van der Waals surface area contributed by atoms with Crippen molar-refractivity contribution in [2.75, 3.05) is 0 Å². The van der Waals surface area contributed by atoms with Gasteiger partial charge in [0.15, 0.2) is 0 Å². The average Bonchev–Trinajstić information content (AvgIpc) is 1.80. The van der Waals surface area contributed by atoms with Gasteiger partial charge in [-0.25, -0.2) is 0 Å². The zero-order valence-corrected chi connectivity index (χ0v) is 11.5. The fraction of sp³-hybridized carbons (Fsp3) is 1.00. The maximum atomic E-state index is 9.85. The summed E-state index contributed by atoms with van der Waals surface area (Å²) in [4.78, 5) is 0. The number of hydrogen-bond donors (Lipinski definition) is 2. The largest absolute Gasteiger partial charge is 0.328 e. The lowest BCUT2D eigenvalue weighted by Crippen LogP contribution is -2.58. The van der Waals surface area contributed by atoms with Gasteiger partial charge < -0.3 is 10.9 Å². The summed E-state index contributed by atoms with van der Waals surface area (Å²) in [5, 5.41) is 11.3. The first-order valence-corrected chi connectivity index (χ1v) is 6.04. The van der Waals surface area contributed by atoms with E-state index in [-0.39, 0.29) is 13.1 Å². The van der Waals surface area contributed by atoms with E-state index in [1.54, 1.807) is 0 Å². The fourth-order valence-electron chi connectivity index (χ4n) is 1.69. The van der Waals surface area contributed by atoms with Crippen molar-refractivity contribution >= 4 is 45.2 Å². The van der Waals surface area contributed by atoms with Gasteiger partial charge in [-0.2, -0.15) is 5.06 Å². The molecule has 2 atom stereocenters. The van der Waals surface area contributed by atoms with Crippen LogP contribution in [-0.2, 0) is 0 Å². The first-order chi connectivity index (χ1) is 5.26. The normalized spacial score (nSPS) is 51.0. The monoisotopic (exact) mass is 396 g/mol. The number of hydrogen-bond acceptors (Lipinski definition) is 3. The molecule has 1 saturated heterocycles. The van der Waals surface area contributed by atoms with Gasteiger partial charge in [0.2, 0.25) is 0 Å². The molecule has 0 aromatic heterocycles. The number of alkyl halides is 2. The molecule has 0 aromatic carbocycles. The predicted octanol–water partition coefficient (Wildman–Crippen LogP) is 2.10. The minimum atomic E-state index is -0.231. The molecule has 1 aliphatic heterocycles. The van der Waals surface area contributed by atoms with Gasteiger partial charge in [-0.05, 0) is 26.7 Å². The lowest BCUT2D eigenvalue weighted by molar-refractivity contribution is -0.183. The molecule has 1 rings (SSSR count). The van der Waals surface area contributed by atoms with Crippen molar-refractivity contribution in [2.24, 2.45) is 5.73 Å². The number of nitrogens with two attached hydrogens (primary N) is 1. The van der Waals surface area contributed by atoms with Crippen LogP contribution in [0.2, 0.25) is 0 Å². The van der Waals surface area contributed by atoms with Crippen molar-refractivity contribution in [2.45, 2.75) is 39.8 Å². The van der Waals surface area contributed by atoms with Crippen molar-refractivity contribution in [1.29, 1.82) is 0 Å². The Labute approximate surface area is 100 Å². The quantitative estimate of drug-likeness (QED) is 0.375. The number of hydroxylamine groups is 2. The Morgan fingerprint density at radius 1 is 1.33 bits per heavy atom. The van der Waals surface area contributed by atoms with Gasteiger partial charge >= 0.3 is 0 Å². The molecule has 3 N–H and O–H groups in total. The van der Waals surface area contributed by atoms with Gasteiger partial charge in [0.25, 0.3) is 0 Å². The van der Waals surface area contributed by atoms with Crippen LogP contribution in [-0.4, -0.2) is 23.4 Å². The topological polar surface area (TPSA) is 49.5 Å². The van der Waals surface area contributed by atoms with Crippen LogP contribution in [0.15, 0.2) is 0 Å². The summed E-state index contributed by atoms with van der Waals surface area (Å²) in [6.07, 6.45) is 1.67. The maximum absolute atomic E-state index is 9.85. The van der Waals surface area contributed by atoms with Gasteiger partial charge in [0.05, 0.1) is 7.09 Å². The summed E-state index contributed by atoms with van der Waals surface area (Å²) < 4.78 is -0.462. The molecule has 12 heavy (non-hydrogen) atoms. The SMILES string of the molecule is CC1(I)CC(N)CC(C)(I)N1O. The van der Waals surface area contributed by atoms with Crippen LogP contribution in [0.1, 0.15) is 26.7 Å². The lowest BCUT2D eigenvalue weighted by atomic mass is 9.95. The van der Waals surface area contributed by atoms with E-state index < -0.39 is 0 Å². The Bertz CT molecular complexity index is 166. The van der Waals surface area contributed by atoms with Crippen LogP contribution >= 0.6 is 45.2 Å². The fourth-order valence-corrected chi connectivity index (χ4v) is 4.35. The maximum Gasteiger partial charge on any atom is 0.0971 e. The van der Waals surface area contributed by atoms with E-state index >= 15 is 0 Å². The second kappa shape index (κ2) is 3.48. The van der Waals surface area contributed by atoms with Crippen LogP contribution in [0.3, 0.4) is 0 Å². The van der Waals surface area contributed by atoms with Crippen molar-refractivity contribution in [1.82, 2.24) is 5.06 Å². The Hall–Kier alpha value is 1.34. The molecule has 1 aliphatic rings. The highest BCUT2D eigenvalue weighted by Crippen LogP contribution is 2.43. The minimum Gasteiger partial charge on any atom is -0.328 e. The predicted molar refractivity (Wildman–Crippen MR) is 65.7 cm³/mol. The van der Waals surface area contributed by atoms with E-state index in [1.165, 1.54) is 5.06 Å². The van der Waals surface area contributed by atoms with Crippen LogP contribution in [0.4, 0.5) is 0 Å². The van der Waals surface area contributed by atoms with Crippen LogP contribution in [0, 0.1) is 0 Å².